The van der Waals surface area contributed by atoms with E-state index in [9.17, 15) is 5.11 Å². The fourth-order valence-corrected chi connectivity index (χ4v) is 3.22. The van der Waals surface area contributed by atoms with Gasteiger partial charge in [-0.15, -0.1) is 0 Å². The Balaban J connectivity index is 1.89. The highest BCUT2D eigenvalue weighted by atomic mass is 16.3. The van der Waals surface area contributed by atoms with Crippen LogP contribution in [0.4, 0.5) is 0 Å². The van der Waals surface area contributed by atoms with Crippen LogP contribution in [0.3, 0.4) is 0 Å². The maximum absolute atomic E-state index is 10.3. The summed E-state index contributed by atoms with van der Waals surface area (Å²) in [5.41, 5.74) is 2.47. The van der Waals surface area contributed by atoms with Crippen LogP contribution in [0.15, 0.2) is 24.3 Å². The molecule has 0 aromatic heterocycles. The molecule has 1 heteroatoms. The van der Waals surface area contributed by atoms with Crippen molar-refractivity contribution in [3.63, 3.8) is 0 Å². The van der Waals surface area contributed by atoms with Crippen LogP contribution >= 0.6 is 0 Å². The van der Waals surface area contributed by atoms with Gasteiger partial charge in [-0.25, -0.2) is 0 Å². The third-order valence-corrected chi connectivity index (χ3v) is 4.29. The molecule has 0 saturated heterocycles. The van der Waals surface area contributed by atoms with E-state index >= 15 is 0 Å². The van der Waals surface area contributed by atoms with Crippen molar-refractivity contribution in [1.29, 1.82) is 0 Å². The smallest absolute Gasteiger partial charge is 0.0792 e. The Bertz CT molecular complexity index is 360. The molecular formula is C18H28O. The molecule has 1 aliphatic rings. The largest absolute Gasteiger partial charge is 0.388 e. The average Bonchev–Trinajstić information content (AvgIpc) is 2.40. The molecule has 0 spiro atoms. The molecule has 1 fully saturated rings. The summed E-state index contributed by atoms with van der Waals surface area (Å²) < 4.78 is 0. The zero-order chi connectivity index (χ0) is 13.7. The Morgan fingerprint density at radius 2 is 1.68 bits per heavy atom. The number of aliphatic hydroxyl groups is 1. The van der Waals surface area contributed by atoms with Crippen molar-refractivity contribution in [3.8, 4) is 0 Å². The molecule has 1 N–H and O–H groups in total. The molecule has 0 heterocycles. The van der Waals surface area contributed by atoms with Gasteiger partial charge in [0.2, 0.25) is 0 Å². The minimum absolute atomic E-state index is 0.267. The summed E-state index contributed by atoms with van der Waals surface area (Å²) in [7, 11) is 0. The molecule has 0 bridgehead atoms. The molecule has 1 atom stereocenters. The number of hydrogen-bond acceptors (Lipinski definition) is 1. The van der Waals surface area contributed by atoms with Gasteiger partial charge in [-0.3, -0.25) is 0 Å². The summed E-state index contributed by atoms with van der Waals surface area (Å²) in [5.74, 6) is 1.43. The zero-order valence-electron chi connectivity index (χ0n) is 12.4. The van der Waals surface area contributed by atoms with E-state index in [1.807, 2.05) is 0 Å². The molecule has 106 valence electrons. The first-order valence-corrected chi connectivity index (χ1v) is 7.92. The van der Waals surface area contributed by atoms with E-state index in [2.05, 4.69) is 38.1 Å². The molecule has 2 rings (SSSR count). The second kappa shape index (κ2) is 7.09. The van der Waals surface area contributed by atoms with Crippen LogP contribution in [-0.2, 0) is 6.42 Å². The lowest BCUT2D eigenvalue weighted by molar-refractivity contribution is 0.131. The van der Waals surface area contributed by atoms with Crippen LogP contribution in [-0.4, -0.2) is 5.11 Å². The standard InChI is InChI=1S/C18H28O/c1-14(2)12-16-8-10-17(11-9-16)18(19)13-15-6-4-3-5-7-15/h8-11,14-15,18-19H,3-7,12-13H2,1-2H3. The van der Waals surface area contributed by atoms with E-state index in [0.717, 1.165) is 24.3 Å². The van der Waals surface area contributed by atoms with Crippen LogP contribution < -0.4 is 0 Å². The summed E-state index contributed by atoms with van der Waals surface area (Å²) in [6, 6.07) is 8.59. The average molecular weight is 260 g/mol. The van der Waals surface area contributed by atoms with Crippen molar-refractivity contribution in [2.75, 3.05) is 0 Å². The van der Waals surface area contributed by atoms with Gasteiger partial charge >= 0.3 is 0 Å². The second-order valence-electron chi connectivity index (χ2n) is 6.60. The third-order valence-electron chi connectivity index (χ3n) is 4.29. The lowest BCUT2D eigenvalue weighted by Crippen LogP contribution is -2.11. The lowest BCUT2D eigenvalue weighted by atomic mass is 9.84. The maximum Gasteiger partial charge on any atom is 0.0792 e. The van der Waals surface area contributed by atoms with Crippen molar-refractivity contribution < 1.29 is 5.11 Å². The van der Waals surface area contributed by atoms with Gasteiger partial charge in [0.25, 0.3) is 0 Å². The van der Waals surface area contributed by atoms with Crippen LogP contribution in [0, 0.1) is 11.8 Å². The van der Waals surface area contributed by atoms with E-state index in [1.165, 1.54) is 37.7 Å². The van der Waals surface area contributed by atoms with E-state index in [4.69, 9.17) is 0 Å². The third kappa shape index (κ3) is 4.65. The highest BCUT2D eigenvalue weighted by Crippen LogP contribution is 2.31. The van der Waals surface area contributed by atoms with Crippen LogP contribution in [0.2, 0.25) is 0 Å². The van der Waals surface area contributed by atoms with E-state index in [-0.39, 0.29) is 6.10 Å². The van der Waals surface area contributed by atoms with E-state index < -0.39 is 0 Å². The van der Waals surface area contributed by atoms with Crippen LogP contribution in [0.5, 0.6) is 0 Å². The monoisotopic (exact) mass is 260 g/mol. The molecule has 1 aromatic rings. The molecule has 1 nitrogen and oxygen atoms in total. The Labute approximate surface area is 118 Å². The summed E-state index contributed by atoms with van der Waals surface area (Å²) >= 11 is 0. The summed E-state index contributed by atoms with van der Waals surface area (Å²) in [5, 5.41) is 10.3. The molecule has 0 aliphatic heterocycles. The maximum atomic E-state index is 10.3. The van der Waals surface area contributed by atoms with Gasteiger partial charge in [-0.2, -0.15) is 0 Å². The first-order chi connectivity index (χ1) is 9.15. The van der Waals surface area contributed by atoms with Gasteiger partial charge in [0, 0.05) is 0 Å². The minimum atomic E-state index is -0.267. The lowest BCUT2D eigenvalue weighted by Gasteiger charge is -2.24. The van der Waals surface area contributed by atoms with Crippen molar-refractivity contribution in [2.45, 2.75) is 64.9 Å². The molecule has 1 saturated carbocycles. The fourth-order valence-electron chi connectivity index (χ4n) is 3.22. The van der Waals surface area contributed by atoms with Crippen LogP contribution in [0.1, 0.15) is 69.6 Å². The second-order valence-corrected chi connectivity index (χ2v) is 6.60. The molecule has 0 amide bonds. The van der Waals surface area contributed by atoms with Crippen molar-refractivity contribution in [1.82, 2.24) is 0 Å². The van der Waals surface area contributed by atoms with Crippen molar-refractivity contribution >= 4 is 0 Å². The minimum Gasteiger partial charge on any atom is -0.388 e. The number of benzene rings is 1. The molecule has 0 radical (unpaired) electrons. The summed E-state index contributed by atoms with van der Waals surface area (Å²) in [6.07, 6.45) is 8.51. The van der Waals surface area contributed by atoms with Crippen molar-refractivity contribution in [3.05, 3.63) is 35.4 Å². The van der Waals surface area contributed by atoms with Gasteiger partial charge < -0.3 is 5.11 Å². The predicted molar refractivity (Wildman–Crippen MR) is 81.1 cm³/mol. The first-order valence-electron chi connectivity index (χ1n) is 7.92. The van der Waals surface area contributed by atoms with Crippen molar-refractivity contribution in [2.24, 2.45) is 11.8 Å². The molecule has 1 aromatic carbocycles. The fraction of sp³-hybridized carbons (Fsp3) is 0.667. The number of rotatable bonds is 5. The Morgan fingerprint density at radius 1 is 1.05 bits per heavy atom. The van der Waals surface area contributed by atoms with Gasteiger partial charge in [0.1, 0.15) is 0 Å². The highest BCUT2D eigenvalue weighted by molar-refractivity contribution is 5.24. The van der Waals surface area contributed by atoms with Gasteiger partial charge in [0.15, 0.2) is 0 Å². The Morgan fingerprint density at radius 3 is 2.26 bits per heavy atom. The first kappa shape index (κ1) is 14.6. The van der Waals surface area contributed by atoms with E-state index in [1.54, 1.807) is 0 Å². The zero-order valence-corrected chi connectivity index (χ0v) is 12.4. The quantitative estimate of drug-likeness (QED) is 0.799. The van der Waals surface area contributed by atoms with Crippen LogP contribution in [0.25, 0.3) is 0 Å². The Hall–Kier alpha value is -0.820. The summed E-state index contributed by atoms with van der Waals surface area (Å²) in [4.78, 5) is 0. The highest BCUT2D eigenvalue weighted by Gasteiger charge is 2.18. The predicted octanol–water partition coefficient (Wildman–Crippen LogP) is 4.89. The summed E-state index contributed by atoms with van der Waals surface area (Å²) in [6.45, 7) is 4.48. The van der Waals surface area contributed by atoms with Gasteiger partial charge in [-0.1, -0.05) is 70.2 Å². The number of hydrogen-bond donors (Lipinski definition) is 1. The van der Waals surface area contributed by atoms with Gasteiger partial charge in [-0.05, 0) is 35.8 Å². The Kier molecular flexibility index (Phi) is 5.45. The SMILES string of the molecule is CC(C)Cc1ccc(C(O)CC2CCCCC2)cc1. The molecule has 1 aliphatic carbocycles. The topological polar surface area (TPSA) is 20.2 Å². The molecule has 19 heavy (non-hydrogen) atoms. The molecule has 1 unspecified atom stereocenters. The normalized spacial score (nSPS) is 18.7. The van der Waals surface area contributed by atoms with E-state index in [0.29, 0.717) is 5.92 Å². The number of aliphatic hydroxyl groups excluding tert-OH is 1. The molecular weight excluding hydrogens is 232 g/mol. The van der Waals surface area contributed by atoms with Gasteiger partial charge in [0.05, 0.1) is 6.10 Å².